The molecule has 0 aromatic carbocycles. The Bertz CT molecular complexity index is 3100. The molecule has 0 aromatic rings. The van der Waals surface area contributed by atoms with Crippen molar-refractivity contribution in [3.63, 3.8) is 0 Å². The van der Waals surface area contributed by atoms with Gasteiger partial charge in [0.25, 0.3) is 0 Å². The summed E-state index contributed by atoms with van der Waals surface area (Å²) >= 11 is 0. The Hall–Kier alpha value is -6.87. The van der Waals surface area contributed by atoms with Gasteiger partial charge in [-0.3, -0.25) is 57.5 Å². The number of nitrogens with one attached hydrogen (secondary N) is 3. The normalized spacial score (nSPS) is 32.7. The van der Waals surface area contributed by atoms with Crippen LogP contribution in [0.25, 0.3) is 0 Å². The maximum Gasteiger partial charge on any atom is 0.394 e. The zero-order chi connectivity index (χ0) is 75.7. The van der Waals surface area contributed by atoms with E-state index in [9.17, 15) is 41.9 Å². The molecule has 25 nitrogen and oxygen atoms in total. The SMILES string of the molecule is CC[C@H](C)[C@@H]1NC(=O)[C@H](CC2CC2)N(C)C(=O)C[C@@H](C(=O)N(C)C)N(C)C(=O)[C@H](C2CCCC2)N(C)C(=O)C2(CCC2)NC(=O)[C@@H]2C[C@@H](C)CN2C(=O)[C@H](CCC2CCC(C(F)(F)F)C(OC)C2)NC(=O)CN(C)C(=O)[C@H](CC2CCC(C)CC2)N2CC/C=C\C[C@@H](C2=O)N(C)C(=O)CN(C)C1=O. The number of ether oxygens (including phenoxy) is 1. The highest BCUT2D eigenvalue weighted by atomic mass is 19.4. The number of rotatable bonds is 12. The molecule has 3 unspecified atom stereocenters. The molecule has 0 radical (unpaired) electrons. The number of carbonyl (C=O) groups is 12. The van der Waals surface area contributed by atoms with Gasteiger partial charge < -0.3 is 64.8 Å². The van der Waals surface area contributed by atoms with Crippen LogP contribution in [0, 0.1) is 47.3 Å². The molecule has 8 rings (SSSR count). The number of halogens is 3. The molecule has 7 fully saturated rings. The zero-order valence-electron chi connectivity index (χ0n) is 63.4. The molecule has 13 atom stereocenters. The van der Waals surface area contributed by atoms with Crippen LogP contribution >= 0.6 is 0 Å². The first kappa shape index (κ1) is 81.8. The van der Waals surface area contributed by atoms with Gasteiger partial charge in [-0.05, 0) is 138 Å². The fourth-order valence-electron chi connectivity index (χ4n) is 17.2. The van der Waals surface area contributed by atoms with Crippen LogP contribution in [0.1, 0.15) is 188 Å². The Labute approximate surface area is 607 Å². The summed E-state index contributed by atoms with van der Waals surface area (Å²) in [5.74, 6) is -10.1. The number of hydrogen-bond acceptors (Lipinski definition) is 13. The number of likely N-dealkylation sites (N-methyl/N-ethyl adjacent to an activating group) is 7. The van der Waals surface area contributed by atoms with Crippen LogP contribution in [-0.2, 0) is 62.3 Å². The molecule has 2 saturated heterocycles. The molecule has 578 valence electrons. The average Bonchev–Trinajstić information content (AvgIpc) is 1.32. The predicted molar refractivity (Wildman–Crippen MR) is 378 cm³/mol. The fourth-order valence-corrected chi connectivity index (χ4v) is 17.2. The summed E-state index contributed by atoms with van der Waals surface area (Å²) in [6, 6.07) is -9.69. The second-order valence-corrected chi connectivity index (χ2v) is 32.3. The van der Waals surface area contributed by atoms with E-state index in [0.717, 1.165) is 51.4 Å². The summed E-state index contributed by atoms with van der Waals surface area (Å²) in [6.07, 6.45) is 7.49. The summed E-state index contributed by atoms with van der Waals surface area (Å²) < 4.78 is 48.2. The number of alkyl halides is 3. The predicted octanol–water partition coefficient (Wildman–Crippen LogP) is 5.52. The van der Waals surface area contributed by atoms with E-state index in [-0.39, 0.29) is 113 Å². The summed E-state index contributed by atoms with van der Waals surface area (Å²) in [6.45, 7) is 6.70. The van der Waals surface area contributed by atoms with Crippen molar-refractivity contribution >= 4 is 70.9 Å². The number of methoxy groups -OCH3 is 1. The minimum absolute atomic E-state index is 0.0107. The Kier molecular flexibility index (Phi) is 28.2. The third kappa shape index (κ3) is 19.8. The van der Waals surface area contributed by atoms with E-state index in [4.69, 9.17) is 4.74 Å². The van der Waals surface area contributed by atoms with Gasteiger partial charge in [-0.1, -0.05) is 97.6 Å². The molecule has 3 N–H and O–H groups in total. The lowest BCUT2D eigenvalue weighted by molar-refractivity contribution is -0.215. The van der Waals surface area contributed by atoms with Crippen LogP contribution in [0.3, 0.4) is 0 Å². The first-order chi connectivity index (χ1) is 48.6. The maximum absolute atomic E-state index is 15.5. The number of fused-ring (bicyclic) bond motifs is 3. The highest BCUT2D eigenvalue weighted by molar-refractivity contribution is 6.01. The van der Waals surface area contributed by atoms with Crippen molar-refractivity contribution in [2.45, 2.75) is 254 Å². The number of nitrogens with zero attached hydrogens (tertiary/aromatic N) is 9. The topological polar surface area (TPSA) is 279 Å². The van der Waals surface area contributed by atoms with E-state index in [0.29, 0.717) is 38.0 Å². The molecule has 103 heavy (non-hydrogen) atoms. The maximum atomic E-state index is 15.5. The Morgan fingerprint density at radius 2 is 1.26 bits per heavy atom. The minimum Gasteiger partial charge on any atom is -0.381 e. The lowest BCUT2D eigenvalue weighted by Gasteiger charge is -2.46. The van der Waals surface area contributed by atoms with Crippen molar-refractivity contribution in [3.8, 4) is 0 Å². The number of carbonyl (C=O) groups excluding carboxylic acids is 12. The molecule has 5 saturated carbocycles. The van der Waals surface area contributed by atoms with Gasteiger partial charge in [0, 0.05) is 76.6 Å². The highest BCUT2D eigenvalue weighted by Gasteiger charge is 2.54. The summed E-state index contributed by atoms with van der Waals surface area (Å²) in [4.78, 5) is 193. The van der Waals surface area contributed by atoms with Crippen molar-refractivity contribution in [2.24, 2.45) is 47.3 Å². The van der Waals surface area contributed by atoms with Crippen LogP contribution in [-0.4, -0.2) is 271 Å². The molecule has 5 aliphatic carbocycles. The van der Waals surface area contributed by atoms with Gasteiger partial charge in [0.15, 0.2) is 0 Å². The number of hydrogen-bond donors (Lipinski definition) is 3. The first-order valence-electron chi connectivity index (χ1n) is 38.1. The Balaban J connectivity index is 1.17. The van der Waals surface area contributed by atoms with Crippen molar-refractivity contribution in [1.29, 1.82) is 0 Å². The highest BCUT2D eigenvalue weighted by Crippen LogP contribution is 2.44. The Morgan fingerprint density at radius 3 is 1.85 bits per heavy atom. The molecule has 12 amide bonds. The minimum atomic E-state index is -4.50. The van der Waals surface area contributed by atoms with Gasteiger partial charge in [0.2, 0.25) is 70.9 Å². The third-order valence-electron chi connectivity index (χ3n) is 24.5. The summed E-state index contributed by atoms with van der Waals surface area (Å²) in [7, 11) is 12.9. The lowest BCUT2D eigenvalue weighted by atomic mass is 9.74. The largest absolute Gasteiger partial charge is 0.394 e. The van der Waals surface area contributed by atoms with E-state index in [1.807, 2.05) is 19.9 Å². The van der Waals surface area contributed by atoms with E-state index in [1.54, 1.807) is 13.0 Å². The number of amides is 12. The van der Waals surface area contributed by atoms with Crippen molar-refractivity contribution < 1.29 is 75.4 Å². The van der Waals surface area contributed by atoms with Crippen LogP contribution in [0.4, 0.5) is 13.2 Å². The summed E-state index contributed by atoms with van der Waals surface area (Å²) in [5, 5.41) is 8.90. The van der Waals surface area contributed by atoms with E-state index in [2.05, 4.69) is 22.9 Å². The molecular formula is C75H119F3N12O13. The zero-order valence-corrected chi connectivity index (χ0v) is 63.4. The molecule has 3 heterocycles. The quantitative estimate of drug-likeness (QED) is 0.203. The van der Waals surface area contributed by atoms with Gasteiger partial charge in [-0.2, -0.15) is 13.2 Å². The molecule has 28 heteroatoms. The molecule has 1 spiro atoms. The molecule has 3 aliphatic heterocycles. The van der Waals surface area contributed by atoms with Gasteiger partial charge in [0.1, 0.15) is 53.9 Å². The van der Waals surface area contributed by atoms with Gasteiger partial charge in [-0.25, -0.2) is 0 Å². The molecular weight excluding hydrogens is 1330 g/mol. The third-order valence-corrected chi connectivity index (χ3v) is 24.5. The van der Waals surface area contributed by atoms with Crippen molar-refractivity contribution in [2.75, 3.05) is 89.7 Å². The van der Waals surface area contributed by atoms with Gasteiger partial charge in [0.05, 0.1) is 31.5 Å². The van der Waals surface area contributed by atoms with E-state index < -0.39 is 168 Å². The molecule has 0 aromatic heterocycles. The van der Waals surface area contributed by atoms with E-state index >= 15 is 28.8 Å². The van der Waals surface area contributed by atoms with Crippen LogP contribution in [0.5, 0.6) is 0 Å². The summed E-state index contributed by atoms with van der Waals surface area (Å²) in [5.41, 5.74) is -1.53. The van der Waals surface area contributed by atoms with E-state index in [1.165, 1.54) is 108 Å². The Morgan fingerprint density at radius 1 is 0.641 bits per heavy atom. The second-order valence-electron chi connectivity index (χ2n) is 32.3. The fraction of sp³-hybridized carbons (Fsp3) is 0.813. The van der Waals surface area contributed by atoms with Crippen LogP contribution in [0.15, 0.2) is 12.2 Å². The van der Waals surface area contributed by atoms with Crippen molar-refractivity contribution in [1.82, 2.24) is 60.0 Å². The standard InChI is InChI=1S/C75H119F3N12O13/c1-14-47(4)63-71(100)84(8)44-62(93)85(9)54-23-16-15-19-36-89(70(54)99)58(39-48-26-24-45(2)25-27-48)69(98)83(7)43-60(91)79-53(33-31-50-30-32-52(75(76,77)78)59(40-50)103-13)67(96)90-42-46(3)37-56(90)66(95)81-74(34-20-35-74)73(102)88(12)64(51-21-17-18-22-51)72(101)87(11)57(68(97)82(5)6)41-61(92)86(10)55(65(94)80-63)38-49-28-29-49/h15-16,45-59,63-64H,14,17-44H2,1-13H3,(H,79,91)(H,80,94)(H,81,95)/b16-15-/t45?,46-,47+,48?,50?,52?,53+,54+,55+,56+,57+,58+,59?,63+,64+/m1/s1. The van der Waals surface area contributed by atoms with Crippen LogP contribution < -0.4 is 16.0 Å². The van der Waals surface area contributed by atoms with Crippen LogP contribution in [0.2, 0.25) is 0 Å². The van der Waals surface area contributed by atoms with Gasteiger partial charge in [-0.15, -0.1) is 0 Å². The molecule has 8 aliphatic rings. The van der Waals surface area contributed by atoms with Gasteiger partial charge >= 0.3 is 6.18 Å². The molecule has 2 bridgehead atoms. The first-order valence-corrected chi connectivity index (χ1v) is 38.1. The lowest BCUT2D eigenvalue weighted by Crippen LogP contribution is -2.68. The average molecular weight is 1450 g/mol. The second kappa shape index (κ2) is 35.5. The monoisotopic (exact) mass is 1450 g/mol. The van der Waals surface area contributed by atoms with Crippen molar-refractivity contribution in [3.05, 3.63) is 12.2 Å². The smallest absolute Gasteiger partial charge is 0.381 e.